The van der Waals surface area contributed by atoms with E-state index < -0.39 is 69.4 Å². The van der Waals surface area contributed by atoms with Crippen LogP contribution in [0.2, 0.25) is 0 Å². The van der Waals surface area contributed by atoms with Gasteiger partial charge in [-0.2, -0.15) is 4.84 Å². The highest BCUT2D eigenvalue weighted by atomic mass is 19.1. The Morgan fingerprint density at radius 2 is 1.97 bits per heavy atom. The van der Waals surface area contributed by atoms with Crippen molar-refractivity contribution in [2.24, 2.45) is 28.6 Å². The van der Waals surface area contributed by atoms with E-state index >= 15 is 4.39 Å². The number of ketones is 2. The fourth-order valence-corrected chi connectivity index (χ4v) is 7.73. The third kappa shape index (κ3) is 3.93. The number of nitrogens with zero attached hydrogens (tertiary/aromatic N) is 1. The number of rotatable bonds is 8. The zero-order valence-electron chi connectivity index (χ0n) is 21.3. The van der Waals surface area contributed by atoms with Gasteiger partial charge < -0.3 is 14.9 Å². The van der Waals surface area contributed by atoms with Crippen molar-refractivity contribution in [3.8, 4) is 0 Å². The molecule has 0 aromatic carbocycles. The van der Waals surface area contributed by atoms with Crippen LogP contribution >= 0.6 is 0 Å². The number of halogens is 1. The minimum atomic E-state index is -2.07. The Morgan fingerprint density at radius 3 is 2.65 bits per heavy atom. The molecule has 2 saturated carbocycles. The van der Waals surface area contributed by atoms with Gasteiger partial charge >= 0.3 is 11.1 Å². The van der Waals surface area contributed by atoms with Crippen molar-refractivity contribution in [1.82, 2.24) is 0 Å². The number of aliphatic hydroxyl groups excluding tert-OH is 1. The van der Waals surface area contributed by atoms with E-state index in [1.165, 1.54) is 6.08 Å². The van der Waals surface area contributed by atoms with Gasteiger partial charge in [-0.25, -0.2) is 9.60 Å². The van der Waals surface area contributed by atoms with E-state index in [1.807, 2.05) is 6.08 Å². The number of carbonyl (C=O) groups is 3. The molecule has 4 aliphatic rings. The van der Waals surface area contributed by atoms with Gasteiger partial charge in [0, 0.05) is 29.6 Å². The molecule has 0 aliphatic heterocycles. The maximum atomic E-state index is 17.2. The number of carbonyl (C=O) groups excluding carboxylic acids is 3. The third-order valence-corrected chi connectivity index (χ3v) is 9.70. The van der Waals surface area contributed by atoms with E-state index in [1.54, 1.807) is 26.8 Å². The number of ether oxygens (including phenoxy) is 1. The monoisotopic (exact) mass is 524 g/mol. The molecule has 4 aliphatic carbocycles. The Kier molecular flexibility index (Phi) is 6.86. The van der Waals surface area contributed by atoms with Gasteiger partial charge in [-0.15, -0.1) is 0 Å². The summed E-state index contributed by atoms with van der Waals surface area (Å²) in [7, 11) is 0. The summed E-state index contributed by atoms with van der Waals surface area (Å²) in [6, 6.07) is 0. The van der Waals surface area contributed by atoms with E-state index in [2.05, 4.69) is 4.84 Å². The summed E-state index contributed by atoms with van der Waals surface area (Å²) < 4.78 is 22.2. The maximum absolute atomic E-state index is 17.2. The second kappa shape index (κ2) is 9.27. The summed E-state index contributed by atoms with van der Waals surface area (Å²) in [6.45, 7) is 4.19. The first-order valence-electron chi connectivity index (χ1n) is 12.7. The molecular formula is C26H35FNO9+. The van der Waals surface area contributed by atoms with Crippen LogP contribution in [0.15, 0.2) is 23.8 Å². The Hall–Kier alpha value is -2.66. The summed E-state index contributed by atoms with van der Waals surface area (Å²) >= 11 is 0. The average molecular weight is 525 g/mol. The molecule has 4 rings (SSSR count). The molecule has 10 nitrogen and oxygen atoms in total. The van der Waals surface area contributed by atoms with E-state index in [9.17, 15) is 29.5 Å². The molecule has 0 aromatic heterocycles. The van der Waals surface area contributed by atoms with Crippen molar-refractivity contribution >= 4 is 17.5 Å². The number of hydrogen-bond acceptors (Lipinski definition) is 8. The molecule has 0 spiro atoms. The van der Waals surface area contributed by atoms with Gasteiger partial charge in [-0.1, -0.05) is 31.6 Å². The average Bonchev–Trinajstić information content (AvgIpc) is 3.03. The number of fused-ring (bicyclic) bond motifs is 5. The van der Waals surface area contributed by atoms with E-state index in [4.69, 9.17) is 9.94 Å². The van der Waals surface area contributed by atoms with Crippen molar-refractivity contribution in [1.29, 1.82) is 0 Å². The lowest BCUT2D eigenvalue weighted by atomic mass is 9.45. The van der Waals surface area contributed by atoms with Crippen molar-refractivity contribution in [3.05, 3.63) is 28.7 Å². The summed E-state index contributed by atoms with van der Waals surface area (Å²) in [4.78, 5) is 51.9. The maximum Gasteiger partial charge on any atom is 0.475 e. The van der Waals surface area contributed by atoms with Gasteiger partial charge in [-0.3, -0.25) is 14.4 Å². The molecule has 2 fully saturated rings. The molecule has 8 atom stereocenters. The number of aliphatic hydroxyl groups is 2. The lowest BCUT2D eigenvalue weighted by Crippen LogP contribution is -2.69. The summed E-state index contributed by atoms with van der Waals surface area (Å²) in [5.74, 6) is -3.27. The quantitative estimate of drug-likeness (QED) is 0.188. The molecule has 0 bridgehead atoms. The van der Waals surface area contributed by atoms with Crippen molar-refractivity contribution in [2.75, 3.05) is 13.2 Å². The third-order valence-electron chi connectivity index (χ3n) is 9.70. The predicted octanol–water partition coefficient (Wildman–Crippen LogP) is 2.33. The van der Waals surface area contributed by atoms with E-state index in [0.29, 0.717) is 12.0 Å². The highest BCUT2D eigenvalue weighted by Crippen LogP contribution is 2.70. The molecule has 37 heavy (non-hydrogen) atoms. The fraction of sp³-hybridized carbons (Fsp3) is 0.731. The molecule has 0 aromatic rings. The molecule has 0 saturated heterocycles. The lowest BCUT2D eigenvalue weighted by Gasteiger charge is -2.62. The highest BCUT2D eigenvalue weighted by molar-refractivity contribution is 5.94. The molecule has 0 radical (unpaired) electrons. The van der Waals surface area contributed by atoms with Gasteiger partial charge in [-0.05, 0) is 50.5 Å². The number of alkyl halides is 1. The van der Waals surface area contributed by atoms with Crippen LogP contribution in [-0.4, -0.2) is 68.6 Å². The van der Waals surface area contributed by atoms with E-state index in [0.717, 1.165) is 0 Å². The van der Waals surface area contributed by atoms with Crippen molar-refractivity contribution in [3.63, 3.8) is 0 Å². The molecule has 11 heteroatoms. The van der Waals surface area contributed by atoms with Gasteiger partial charge in [0.25, 0.3) is 0 Å². The highest BCUT2D eigenvalue weighted by Gasteiger charge is 2.75. The Balaban J connectivity index is 1.54. The van der Waals surface area contributed by atoms with Crippen LogP contribution in [0.25, 0.3) is 0 Å². The van der Waals surface area contributed by atoms with Gasteiger partial charge in [0.15, 0.2) is 24.7 Å². The second-order valence-electron chi connectivity index (χ2n) is 11.4. The van der Waals surface area contributed by atoms with Crippen LogP contribution in [0, 0.1) is 33.5 Å². The van der Waals surface area contributed by atoms with Crippen molar-refractivity contribution in [2.45, 2.75) is 76.7 Å². The number of esters is 1. The summed E-state index contributed by atoms with van der Waals surface area (Å²) in [5, 5.41) is 30.9. The van der Waals surface area contributed by atoms with Crippen LogP contribution in [0.4, 0.5) is 4.39 Å². The molecule has 0 heterocycles. The normalized spacial score (nSPS) is 42.2. The fourth-order valence-electron chi connectivity index (χ4n) is 7.73. The van der Waals surface area contributed by atoms with Gasteiger partial charge in [0.05, 0.1) is 6.10 Å². The summed E-state index contributed by atoms with van der Waals surface area (Å²) in [5.41, 5.74) is -5.71. The standard InChI is InChI=1S/C26H35FNO9/c1-15-11-19-18-7-6-16-12-17(29)8-9-23(16,2)25(18,27)20(30)13-24(19,3)26(15,33)21(31)14-36-22(32)5-4-10-37-28(34)35/h6,8-9,15,18-20,30,33H,4-5,7,10-14H2,1-3H3,(H,34,35)/q+1. The van der Waals surface area contributed by atoms with Crippen LogP contribution in [-0.2, 0) is 24.0 Å². The van der Waals surface area contributed by atoms with Gasteiger partial charge in [0.1, 0.15) is 10.5 Å². The second-order valence-corrected chi connectivity index (χ2v) is 11.4. The van der Waals surface area contributed by atoms with Gasteiger partial charge in [0.2, 0.25) is 5.78 Å². The lowest BCUT2D eigenvalue weighted by molar-refractivity contribution is -0.975. The first kappa shape index (κ1) is 27.4. The Labute approximate surface area is 214 Å². The minimum absolute atomic E-state index is 0.0631. The largest absolute Gasteiger partial charge is 0.475 e. The first-order chi connectivity index (χ1) is 17.2. The molecule has 0 amide bonds. The molecule has 8 unspecified atom stereocenters. The molecular weight excluding hydrogens is 489 g/mol. The zero-order valence-corrected chi connectivity index (χ0v) is 21.3. The first-order valence-corrected chi connectivity index (χ1v) is 12.7. The minimum Gasteiger partial charge on any atom is -0.458 e. The summed E-state index contributed by atoms with van der Waals surface area (Å²) in [6.07, 6.45) is 3.76. The Bertz CT molecular complexity index is 1070. The van der Waals surface area contributed by atoms with Crippen LogP contribution in [0.1, 0.15) is 59.3 Å². The van der Waals surface area contributed by atoms with Crippen LogP contribution < -0.4 is 0 Å². The smallest absolute Gasteiger partial charge is 0.458 e. The zero-order chi connectivity index (χ0) is 27.4. The number of Topliss-reactive ketones (excluding diaryl/α,β-unsaturated/α-hetero) is 1. The van der Waals surface area contributed by atoms with Crippen molar-refractivity contribution < 1.29 is 48.9 Å². The number of allylic oxidation sites excluding steroid dienone is 4. The SMILES string of the molecule is CC1CC2C3CC=C4CC(=O)C=CC4(C)C3(F)C(O)CC2(C)C1(O)C(=O)COC(=O)CCCO[N+](=O)O. The van der Waals surface area contributed by atoms with E-state index in [-0.39, 0.29) is 44.5 Å². The predicted molar refractivity (Wildman–Crippen MR) is 124 cm³/mol. The van der Waals surface area contributed by atoms with Crippen LogP contribution in [0.5, 0.6) is 0 Å². The molecule has 3 N–H and O–H groups in total. The Morgan fingerprint density at radius 1 is 1.27 bits per heavy atom. The topological polar surface area (TPSA) is 150 Å². The van der Waals surface area contributed by atoms with Crippen LogP contribution in [0.3, 0.4) is 0 Å². The number of hydrogen-bond donors (Lipinski definition) is 3. The molecule has 204 valence electrons.